The second-order valence-electron chi connectivity index (χ2n) is 3.76. The molecule has 0 aliphatic carbocycles. The van der Waals surface area contributed by atoms with Crippen molar-refractivity contribution in [3.63, 3.8) is 0 Å². The van der Waals surface area contributed by atoms with Gasteiger partial charge in [-0.3, -0.25) is 0 Å². The summed E-state index contributed by atoms with van der Waals surface area (Å²) in [6.45, 7) is 3.88. The molecule has 0 radical (unpaired) electrons. The van der Waals surface area contributed by atoms with E-state index in [0.717, 1.165) is 15.7 Å². The van der Waals surface area contributed by atoms with Gasteiger partial charge in [0, 0.05) is 0 Å². The predicted molar refractivity (Wildman–Crippen MR) is 78.2 cm³/mol. The van der Waals surface area contributed by atoms with E-state index in [1.807, 2.05) is 19.9 Å². The summed E-state index contributed by atoms with van der Waals surface area (Å²) in [6.07, 6.45) is 0. The van der Waals surface area contributed by atoms with Crippen LogP contribution in [0.3, 0.4) is 0 Å². The van der Waals surface area contributed by atoms with Crippen molar-refractivity contribution < 1.29 is 0 Å². The van der Waals surface area contributed by atoms with Crippen LogP contribution in [0.5, 0.6) is 0 Å². The van der Waals surface area contributed by atoms with Gasteiger partial charge in [0.1, 0.15) is 5.01 Å². The minimum Gasteiger partial charge on any atom is -0.354 e. The van der Waals surface area contributed by atoms with Crippen molar-refractivity contribution in [1.29, 1.82) is 0 Å². The van der Waals surface area contributed by atoms with Crippen LogP contribution in [-0.2, 0) is 0 Å². The molecule has 0 fully saturated rings. The van der Waals surface area contributed by atoms with Crippen molar-refractivity contribution in [1.82, 2.24) is 10.2 Å². The van der Waals surface area contributed by atoms with Gasteiger partial charge in [-0.2, -0.15) is 0 Å². The first-order valence-corrected chi connectivity index (χ1v) is 7.14. The summed E-state index contributed by atoms with van der Waals surface area (Å²) >= 11 is 19.6. The first-order valence-electron chi connectivity index (χ1n) is 5.19. The van der Waals surface area contributed by atoms with Gasteiger partial charge >= 0.3 is 0 Å². The lowest BCUT2D eigenvalue weighted by atomic mass is 10.1. The average Bonchev–Trinajstić information content (AvgIpc) is 2.71. The summed E-state index contributed by atoms with van der Waals surface area (Å²) < 4.78 is 0. The van der Waals surface area contributed by atoms with Crippen LogP contribution in [0.1, 0.15) is 23.5 Å². The summed E-state index contributed by atoms with van der Waals surface area (Å²) in [5.41, 5.74) is 0.874. The standard InChI is InChI=1S/C11H10Cl3N3S/c1-5(15-11-17-16-6(2)18-11)7-3-4-8(12)10(14)9(7)13/h3-5H,1-2H3,(H,15,17). The SMILES string of the molecule is Cc1nnc(NC(C)c2ccc(Cl)c(Cl)c2Cl)s1. The van der Waals surface area contributed by atoms with E-state index in [-0.39, 0.29) is 6.04 Å². The molecule has 1 aromatic heterocycles. The zero-order valence-corrected chi connectivity index (χ0v) is 12.8. The van der Waals surface area contributed by atoms with Gasteiger partial charge in [0.25, 0.3) is 0 Å². The van der Waals surface area contributed by atoms with Crippen LogP contribution in [0.4, 0.5) is 5.13 Å². The van der Waals surface area contributed by atoms with Crippen molar-refractivity contribution in [3.8, 4) is 0 Å². The molecule has 3 nitrogen and oxygen atoms in total. The number of hydrogen-bond acceptors (Lipinski definition) is 4. The molecule has 2 aromatic rings. The maximum absolute atomic E-state index is 6.18. The molecule has 0 saturated heterocycles. The second-order valence-corrected chi connectivity index (χ2v) is 6.10. The molecule has 18 heavy (non-hydrogen) atoms. The molecule has 2 rings (SSSR count). The molecule has 0 amide bonds. The monoisotopic (exact) mass is 321 g/mol. The number of anilines is 1. The zero-order valence-electron chi connectivity index (χ0n) is 9.67. The average molecular weight is 323 g/mol. The van der Waals surface area contributed by atoms with E-state index in [1.54, 1.807) is 6.07 Å². The Hall–Kier alpha value is -0.550. The predicted octanol–water partition coefficient (Wildman–Crippen LogP) is 4.98. The Kier molecular flexibility index (Phi) is 4.33. The molecule has 0 saturated carbocycles. The highest BCUT2D eigenvalue weighted by Gasteiger charge is 2.15. The molecule has 1 N–H and O–H groups in total. The Morgan fingerprint density at radius 2 is 1.89 bits per heavy atom. The van der Waals surface area contributed by atoms with Gasteiger partial charge in [-0.05, 0) is 25.5 Å². The number of aryl methyl sites for hydroxylation is 1. The van der Waals surface area contributed by atoms with Gasteiger partial charge < -0.3 is 5.32 Å². The highest BCUT2D eigenvalue weighted by Crippen LogP contribution is 2.36. The summed E-state index contributed by atoms with van der Waals surface area (Å²) in [5.74, 6) is 0. The lowest BCUT2D eigenvalue weighted by molar-refractivity contribution is 0.872. The molecule has 0 aliphatic heterocycles. The molecule has 1 atom stereocenters. The molecular weight excluding hydrogens is 313 g/mol. The van der Waals surface area contributed by atoms with Crippen LogP contribution in [0, 0.1) is 6.92 Å². The molecule has 1 unspecified atom stereocenters. The van der Waals surface area contributed by atoms with Gasteiger partial charge in [-0.15, -0.1) is 10.2 Å². The quantitative estimate of drug-likeness (QED) is 0.810. The largest absolute Gasteiger partial charge is 0.354 e. The molecule has 7 heteroatoms. The summed E-state index contributed by atoms with van der Waals surface area (Å²) in [7, 11) is 0. The highest BCUT2D eigenvalue weighted by atomic mass is 35.5. The van der Waals surface area contributed by atoms with E-state index in [0.29, 0.717) is 15.1 Å². The van der Waals surface area contributed by atoms with Crippen LogP contribution in [0.2, 0.25) is 15.1 Å². The van der Waals surface area contributed by atoms with Crippen LogP contribution in [0.15, 0.2) is 12.1 Å². The first kappa shape index (κ1) is 13.9. The summed E-state index contributed by atoms with van der Waals surface area (Å²) in [5, 5.41) is 14.1. The Bertz CT molecular complexity index is 571. The fraction of sp³-hybridized carbons (Fsp3) is 0.273. The highest BCUT2D eigenvalue weighted by molar-refractivity contribution is 7.15. The summed E-state index contributed by atoms with van der Waals surface area (Å²) in [4.78, 5) is 0. The molecule has 0 bridgehead atoms. The van der Waals surface area contributed by atoms with Crippen LogP contribution in [-0.4, -0.2) is 10.2 Å². The molecule has 0 spiro atoms. The van der Waals surface area contributed by atoms with E-state index in [2.05, 4.69) is 15.5 Å². The number of rotatable bonds is 3. The maximum atomic E-state index is 6.18. The minimum atomic E-state index is -0.0281. The van der Waals surface area contributed by atoms with Gasteiger partial charge in [0.2, 0.25) is 5.13 Å². The number of hydrogen-bond donors (Lipinski definition) is 1. The molecule has 1 aromatic carbocycles. The van der Waals surface area contributed by atoms with Crippen LogP contribution < -0.4 is 5.32 Å². The van der Waals surface area contributed by atoms with Crippen molar-refractivity contribution in [2.24, 2.45) is 0 Å². The molecule has 0 aliphatic rings. The topological polar surface area (TPSA) is 37.8 Å². The molecular formula is C11H10Cl3N3S. The lowest BCUT2D eigenvalue weighted by Gasteiger charge is -2.15. The Labute approximate surface area is 124 Å². The number of nitrogens with zero attached hydrogens (tertiary/aromatic N) is 2. The number of nitrogens with one attached hydrogen (secondary N) is 1. The lowest BCUT2D eigenvalue weighted by Crippen LogP contribution is -2.07. The Balaban J connectivity index is 2.24. The van der Waals surface area contributed by atoms with Gasteiger partial charge in [-0.1, -0.05) is 52.2 Å². The fourth-order valence-electron chi connectivity index (χ4n) is 1.49. The third-order valence-corrected chi connectivity index (χ3v) is 4.48. The zero-order chi connectivity index (χ0) is 13.3. The minimum absolute atomic E-state index is 0.0281. The van der Waals surface area contributed by atoms with Crippen LogP contribution in [0.25, 0.3) is 0 Å². The number of aromatic nitrogens is 2. The number of halogens is 3. The summed E-state index contributed by atoms with van der Waals surface area (Å²) in [6, 6.07) is 3.55. The van der Waals surface area contributed by atoms with E-state index >= 15 is 0 Å². The van der Waals surface area contributed by atoms with Gasteiger partial charge in [0.05, 0.1) is 21.1 Å². The van der Waals surface area contributed by atoms with Crippen molar-refractivity contribution in [3.05, 3.63) is 37.8 Å². The van der Waals surface area contributed by atoms with Gasteiger partial charge in [-0.25, -0.2) is 0 Å². The van der Waals surface area contributed by atoms with E-state index in [1.165, 1.54) is 11.3 Å². The molecule has 1 heterocycles. The van der Waals surface area contributed by atoms with E-state index < -0.39 is 0 Å². The third-order valence-electron chi connectivity index (χ3n) is 2.40. The first-order chi connectivity index (χ1) is 8.49. The second kappa shape index (κ2) is 5.61. The third kappa shape index (κ3) is 2.88. The normalized spacial score (nSPS) is 12.5. The number of benzene rings is 1. The van der Waals surface area contributed by atoms with Gasteiger partial charge in [0.15, 0.2) is 0 Å². The van der Waals surface area contributed by atoms with Crippen molar-refractivity contribution in [2.45, 2.75) is 19.9 Å². The Morgan fingerprint density at radius 3 is 2.50 bits per heavy atom. The Morgan fingerprint density at radius 1 is 1.17 bits per heavy atom. The maximum Gasteiger partial charge on any atom is 0.206 e. The van der Waals surface area contributed by atoms with E-state index in [4.69, 9.17) is 34.8 Å². The van der Waals surface area contributed by atoms with Crippen LogP contribution >= 0.6 is 46.1 Å². The molecule has 96 valence electrons. The van der Waals surface area contributed by atoms with Crippen molar-refractivity contribution in [2.75, 3.05) is 5.32 Å². The van der Waals surface area contributed by atoms with Crippen molar-refractivity contribution >= 4 is 51.3 Å². The van der Waals surface area contributed by atoms with E-state index in [9.17, 15) is 0 Å². The fourth-order valence-corrected chi connectivity index (χ4v) is 2.88. The smallest absolute Gasteiger partial charge is 0.206 e.